The van der Waals surface area contributed by atoms with Gasteiger partial charge in [-0.15, -0.1) is 0 Å². The van der Waals surface area contributed by atoms with Crippen LogP contribution in [0.2, 0.25) is 0 Å². The Morgan fingerprint density at radius 2 is 2.47 bits per heavy atom. The molecule has 0 saturated carbocycles. The van der Waals surface area contributed by atoms with Crippen LogP contribution in [0, 0.1) is 0 Å². The topological polar surface area (TPSA) is 64.9 Å². The van der Waals surface area contributed by atoms with E-state index in [1.54, 1.807) is 0 Å². The molecule has 2 N–H and O–H groups in total. The minimum Gasteiger partial charge on any atom is -0.481 e. The highest BCUT2D eigenvalue weighted by Gasteiger charge is 2.24. The van der Waals surface area contributed by atoms with Gasteiger partial charge in [0.1, 0.15) is 0 Å². The van der Waals surface area contributed by atoms with Crippen molar-refractivity contribution < 1.29 is 9.90 Å². The van der Waals surface area contributed by atoms with Crippen molar-refractivity contribution in [3.05, 3.63) is 0 Å². The highest BCUT2D eigenvalue weighted by Crippen LogP contribution is 2.13. The Kier molecular flexibility index (Phi) is 3.08. The number of carbonyl (C=O) groups is 1. The average Bonchev–Trinajstić information content (AvgIpc) is 2.26. The van der Waals surface area contributed by atoms with E-state index in [9.17, 15) is 4.79 Å². The van der Waals surface area contributed by atoms with Gasteiger partial charge in [0.25, 0.3) is 0 Å². The Hall–Kier alpha value is -1.26. The zero-order chi connectivity index (χ0) is 10.7. The summed E-state index contributed by atoms with van der Waals surface area (Å²) < 4.78 is 0. The second-order valence-corrected chi connectivity index (χ2v) is 4.11. The summed E-state index contributed by atoms with van der Waals surface area (Å²) in [7, 11) is 0. The smallest absolute Gasteiger partial charge is 0.303 e. The molecule has 0 aromatic carbocycles. The molecule has 0 radical (unpaired) electrons. The maximum absolute atomic E-state index is 10.5. The van der Waals surface area contributed by atoms with Gasteiger partial charge in [-0.2, -0.15) is 0 Å². The van der Waals surface area contributed by atoms with Gasteiger partial charge in [0.05, 0.1) is 0 Å². The maximum atomic E-state index is 10.5. The summed E-state index contributed by atoms with van der Waals surface area (Å²) >= 11 is 0. The van der Waals surface area contributed by atoms with Crippen molar-refractivity contribution in [2.24, 2.45) is 4.99 Å². The second-order valence-electron chi connectivity index (χ2n) is 4.11. The van der Waals surface area contributed by atoms with Gasteiger partial charge in [-0.05, 0) is 19.3 Å². The van der Waals surface area contributed by atoms with Crippen LogP contribution >= 0.6 is 0 Å². The van der Waals surface area contributed by atoms with Gasteiger partial charge in [-0.3, -0.25) is 9.79 Å². The highest BCUT2D eigenvalue weighted by molar-refractivity contribution is 5.81. The van der Waals surface area contributed by atoms with Crippen LogP contribution in [0.5, 0.6) is 0 Å². The average molecular weight is 211 g/mol. The van der Waals surface area contributed by atoms with Crippen molar-refractivity contribution in [3.8, 4) is 0 Å². The normalized spacial score (nSPS) is 25.2. The number of rotatable bonds is 3. The first-order valence-corrected chi connectivity index (χ1v) is 5.53. The minimum atomic E-state index is -0.718. The number of hydrogen-bond acceptors (Lipinski definition) is 4. The van der Waals surface area contributed by atoms with Gasteiger partial charge in [-0.1, -0.05) is 0 Å². The number of carboxylic acid groups (broad SMARTS) is 1. The van der Waals surface area contributed by atoms with Gasteiger partial charge >= 0.3 is 5.97 Å². The van der Waals surface area contributed by atoms with Gasteiger partial charge < -0.3 is 15.3 Å². The molecule has 15 heavy (non-hydrogen) atoms. The SMILES string of the molecule is O=C(O)CCC1CCN2CCCN=C2N1. The Morgan fingerprint density at radius 1 is 1.60 bits per heavy atom. The molecular formula is C10H17N3O2. The molecule has 0 bridgehead atoms. The number of aliphatic carboxylic acids is 1. The van der Waals surface area contributed by atoms with Crippen LogP contribution in [0.25, 0.3) is 0 Å². The third-order valence-corrected chi connectivity index (χ3v) is 2.93. The molecule has 5 heteroatoms. The summed E-state index contributed by atoms with van der Waals surface area (Å²) in [5.41, 5.74) is 0. The summed E-state index contributed by atoms with van der Waals surface area (Å²) in [4.78, 5) is 17.1. The van der Waals surface area contributed by atoms with Gasteiger partial charge in [0.2, 0.25) is 0 Å². The Bertz CT molecular complexity index is 278. The van der Waals surface area contributed by atoms with Crippen molar-refractivity contribution >= 4 is 11.9 Å². The lowest BCUT2D eigenvalue weighted by atomic mass is 10.1. The van der Waals surface area contributed by atoms with E-state index in [0.29, 0.717) is 6.42 Å². The standard InChI is InChI=1S/C10H17N3O2/c14-9(15)3-2-8-4-7-13-6-1-5-11-10(13)12-8/h8H,1-7H2,(H,11,12)(H,14,15). The predicted octanol–water partition coefficient (Wildman–Crippen LogP) is 0.275. The molecule has 0 aliphatic carbocycles. The van der Waals surface area contributed by atoms with Crippen LogP contribution in [0.4, 0.5) is 0 Å². The molecule has 0 amide bonds. The zero-order valence-corrected chi connectivity index (χ0v) is 8.78. The van der Waals surface area contributed by atoms with Crippen molar-refractivity contribution in [2.45, 2.75) is 31.7 Å². The summed E-state index contributed by atoms with van der Waals surface area (Å²) in [6.45, 7) is 2.98. The lowest BCUT2D eigenvalue weighted by Crippen LogP contribution is -2.54. The first kappa shape index (κ1) is 10.3. The summed E-state index contributed by atoms with van der Waals surface area (Å²) in [6.07, 6.45) is 3.09. The fraction of sp³-hybridized carbons (Fsp3) is 0.800. The molecule has 2 aliphatic heterocycles. The molecule has 1 fully saturated rings. The molecule has 0 aromatic rings. The van der Waals surface area contributed by atoms with E-state index in [4.69, 9.17) is 5.11 Å². The van der Waals surface area contributed by atoms with Crippen molar-refractivity contribution in [2.75, 3.05) is 19.6 Å². The number of nitrogens with one attached hydrogen (secondary N) is 1. The summed E-state index contributed by atoms with van der Waals surface area (Å²) in [5.74, 6) is 0.257. The zero-order valence-electron chi connectivity index (χ0n) is 8.78. The third-order valence-electron chi connectivity index (χ3n) is 2.93. The fourth-order valence-electron chi connectivity index (χ4n) is 2.09. The first-order chi connectivity index (χ1) is 7.25. The Morgan fingerprint density at radius 3 is 3.27 bits per heavy atom. The maximum Gasteiger partial charge on any atom is 0.303 e. The fourth-order valence-corrected chi connectivity index (χ4v) is 2.09. The Balaban J connectivity index is 1.85. The van der Waals surface area contributed by atoms with Gasteiger partial charge in [0, 0.05) is 32.1 Å². The van der Waals surface area contributed by atoms with E-state index in [0.717, 1.165) is 38.4 Å². The highest BCUT2D eigenvalue weighted by atomic mass is 16.4. The molecule has 2 rings (SSSR count). The van der Waals surface area contributed by atoms with E-state index in [2.05, 4.69) is 15.2 Å². The summed E-state index contributed by atoms with van der Waals surface area (Å²) in [6, 6.07) is 0.286. The van der Waals surface area contributed by atoms with E-state index in [1.165, 1.54) is 0 Å². The van der Waals surface area contributed by atoms with Crippen LogP contribution in [-0.2, 0) is 4.79 Å². The van der Waals surface area contributed by atoms with Crippen molar-refractivity contribution in [3.63, 3.8) is 0 Å². The molecule has 2 aliphatic rings. The Labute approximate surface area is 89.2 Å². The quantitative estimate of drug-likeness (QED) is 0.703. The van der Waals surface area contributed by atoms with Crippen LogP contribution < -0.4 is 5.32 Å². The minimum absolute atomic E-state index is 0.241. The monoisotopic (exact) mass is 211 g/mol. The van der Waals surface area contributed by atoms with Crippen molar-refractivity contribution in [1.82, 2.24) is 10.2 Å². The molecule has 1 unspecified atom stereocenters. The second kappa shape index (κ2) is 4.51. The van der Waals surface area contributed by atoms with Crippen LogP contribution in [0.3, 0.4) is 0 Å². The molecule has 84 valence electrons. The van der Waals surface area contributed by atoms with Crippen LogP contribution in [0.1, 0.15) is 25.7 Å². The predicted molar refractivity (Wildman–Crippen MR) is 56.9 cm³/mol. The number of aliphatic imine (C=N–C) groups is 1. The molecule has 1 saturated heterocycles. The lowest BCUT2D eigenvalue weighted by molar-refractivity contribution is -0.137. The van der Waals surface area contributed by atoms with E-state index in [1.807, 2.05) is 0 Å². The van der Waals surface area contributed by atoms with Crippen LogP contribution in [-0.4, -0.2) is 47.6 Å². The number of nitrogens with zero attached hydrogens (tertiary/aromatic N) is 2. The van der Waals surface area contributed by atoms with E-state index < -0.39 is 5.97 Å². The van der Waals surface area contributed by atoms with Crippen LogP contribution in [0.15, 0.2) is 4.99 Å². The number of guanidine groups is 1. The number of carboxylic acids is 1. The van der Waals surface area contributed by atoms with E-state index >= 15 is 0 Å². The van der Waals surface area contributed by atoms with Gasteiger partial charge in [-0.25, -0.2) is 0 Å². The molecule has 0 spiro atoms. The summed E-state index contributed by atoms with van der Waals surface area (Å²) in [5, 5.41) is 11.9. The lowest BCUT2D eigenvalue weighted by Gasteiger charge is -2.37. The third kappa shape index (κ3) is 2.61. The molecule has 5 nitrogen and oxygen atoms in total. The largest absolute Gasteiger partial charge is 0.481 e. The van der Waals surface area contributed by atoms with E-state index in [-0.39, 0.29) is 12.5 Å². The molecule has 2 heterocycles. The van der Waals surface area contributed by atoms with Gasteiger partial charge in [0.15, 0.2) is 5.96 Å². The molecular weight excluding hydrogens is 194 g/mol. The molecule has 1 atom stereocenters. The number of fused-ring (bicyclic) bond motifs is 1. The first-order valence-electron chi connectivity index (χ1n) is 5.53. The van der Waals surface area contributed by atoms with Crippen molar-refractivity contribution in [1.29, 1.82) is 0 Å². The number of hydrogen-bond donors (Lipinski definition) is 2. The molecule has 0 aromatic heterocycles.